The maximum atomic E-state index is 5.70. The van der Waals surface area contributed by atoms with Gasteiger partial charge in [-0.05, 0) is 54.7 Å². The molecule has 0 bridgehead atoms. The molecule has 0 atom stereocenters. The summed E-state index contributed by atoms with van der Waals surface area (Å²) in [6.07, 6.45) is 0. The highest BCUT2D eigenvalue weighted by molar-refractivity contribution is 7.09. The van der Waals surface area contributed by atoms with Crippen LogP contribution >= 0.6 is 11.5 Å². The number of anilines is 1. The summed E-state index contributed by atoms with van der Waals surface area (Å²) in [7, 11) is 0. The first-order chi connectivity index (χ1) is 6.66. The molecule has 1 aromatic heterocycles. The highest BCUT2D eigenvalue weighted by Crippen LogP contribution is 2.28. The average molecular weight is 204 g/mol. The van der Waals surface area contributed by atoms with Crippen LogP contribution in [0, 0.1) is 13.8 Å². The summed E-state index contributed by atoms with van der Waals surface area (Å²) in [4.78, 5) is 1.21. The van der Waals surface area contributed by atoms with Gasteiger partial charge in [0.1, 0.15) is 0 Å². The molecule has 2 aromatic rings. The van der Waals surface area contributed by atoms with Crippen LogP contribution in [0.15, 0.2) is 24.3 Å². The molecule has 3 heteroatoms. The lowest BCUT2D eigenvalue weighted by atomic mass is 10.1. The third-order valence-electron chi connectivity index (χ3n) is 2.14. The fourth-order valence-corrected chi connectivity index (χ4v) is 2.30. The van der Waals surface area contributed by atoms with Gasteiger partial charge in [-0.3, -0.25) is 0 Å². The lowest BCUT2D eigenvalue weighted by Crippen LogP contribution is -1.86. The SMILES string of the molecule is Cc1cc(-c2ccc(N)cc2C)sn1. The van der Waals surface area contributed by atoms with E-state index in [2.05, 4.69) is 23.4 Å². The first-order valence-corrected chi connectivity index (χ1v) is 5.24. The number of benzene rings is 1. The third kappa shape index (κ3) is 1.63. The molecular formula is C11H12N2S. The van der Waals surface area contributed by atoms with E-state index in [0.29, 0.717) is 0 Å². The van der Waals surface area contributed by atoms with Crippen LogP contribution in [0.2, 0.25) is 0 Å². The van der Waals surface area contributed by atoms with Crippen molar-refractivity contribution in [1.82, 2.24) is 4.37 Å². The average Bonchev–Trinajstić information content (AvgIpc) is 2.51. The molecule has 0 aliphatic heterocycles. The topological polar surface area (TPSA) is 38.9 Å². The van der Waals surface area contributed by atoms with E-state index in [1.165, 1.54) is 27.5 Å². The molecule has 1 aromatic carbocycles. The van der Waals surface area contributed by atoms with Crippen molar-refractivity contribution in [1.29, 1.82) is 0 Å². The molecule has 14 heavy (non-hydrogen) atoms. The van der Waals surface area contributed by atoms with Crippen LogP contribution in [0.3, 0.4) is 0 Å². The third-order valence-corrected chi connectivity index (χ3v) is 3.06. The predicted octanol–water partition coefficient (Wildman–Crippen LogP) is 3.01. The highest BCUT2D eigenvalue weighted by Gasteiger charge is 2.04. The zero-order chi connectivity index (χ0) is 10.1. The van der Waals surface area contributed by atoms with E-state index in [4.69, 9.17) is 5.73 Å². The number of aromatic nitrogens is 1. The Balaban J connectivity index is 2.52. The van der Waals surface area contributed by atoms with Gasteiger partial charge in [-0.2, -0.15) is 4.37 Å². The van der Waals surface area contributed by atoms with E-state index < -0.39 is 0 Å². The zero-order valence-corrected chi connectivity index (χ0v) is 9.06. The van der Waals surface area contributed by atoms with Gasteiger partial charge >= 0.3 is 0 Å². The monoisotopic (exact) mass is 204 g/mol. The van der Waals surface area contributed by atoms with Crippen LogP contribution in [0.1, 0.15) is 11.3 Å². The van der Waals surface area contributed by atoms with Gasteiger partial charge in [-0.25, -0.2) is 0 Å². The first kappa shape index (κ1) is 9.21. The Hall–Kier alpha value is -1.35. The Bertz CT molecular complexity index is 460. The maximum Gasteiger partial charge on any atom is 0.0555 e. The molecule has 72 valence electrons. The van der Waals surface area contributed by atoms with Crippen molar-refractivity contribution in [2.75, 3.05) is 5.73 Å². The maximum absolute atomic E-state index is 5.70. The van der Waals surface area contributed by atoms with Crippen LogP contribution < -0.4 is 5.73 Å². The second-order valence-corrected chi connectivity index (χ2v) is 4.21. The van der Waals surface area contributed by atoms with Crippen molar-refractivity contribution in [3.05, 3.63) is 35.5 Å². The predicted molar refractivity (Wildman–Crippen MR) is 61.4 cm³/mol. The van der Waals surface area contributed by atoms with Crippen LogP contribution in [0.25, 0.3) is 10.4 Å². The zero-order valence-electron chi connectivity index (χ0n) is 8.24. The van der Waals surface area contributed by atoms with Gasteiger partial charge in [-0.15, -0.1) is 0 Å². The van der Waals surface area contributed by atoms with E-state index in [1.54, 1.807) is 0 Å². The lowest BCUT2D eigenvalue weighted by molar-refractivity contribution is 1.35. The number of rotatable bonds is 1. The van der Waals surface area contributed by atoms with Crippen molar-refractivity contribution in [2.24, 2.45) is 0 Å². The van der Waals surface area contributed by atoms with Crippen molar-refractivity contribution in [3.63, 3.8) is 0 Å². The standard InChI is InChI=1S/C11H12N2S/c1-7-5-9(12)3-4-10(7)11-6-8(2)13-14-11/h3-6H,12H2,1-2H3. The summed E-state index contributed by atoms with van der Waals surface area (Å²) in [6, 6.07) is 8.07. The number of aryl methyl sites for hydroxylation is 2. The second-order valence-electron chi connectivity index (χ2n) is 3.41. The number of hydrogen-bond donors (Lipinski definition) is 1. The molecule has 0 saturated carbocycles. The van der Waals surface area contributed by atoms with E-state index in [1.807, 2.05) is 19.1 Å². The minimum Gasteiger partial charge on any atom is -0.399 e. The van der Waals surface area contributed by atoms with Crippen molar-refractivity contribution < 1.29 is 0 Å². The Morgan fingerprint density at radius 3 is 2.57 bits per heavy atom. The largest absolute Gasteiger partial charge is 0.399 e. The van der Waals surface area contributed by atoms with E-state index in [0.717, 1.165) is 11.4 Å². The summed E-state index contributed by atoms with van der Waals surface area (Å²) in [5.74, 6) is 0. The second kappa shape index (κ2) is 3.42. The minimum atomic E-state index is 0.812. The number of nitrogen functional groups attached to an aromatic ring is 1. The van der Waals surface area contributed by atoms with Gasteiger partial charge in [0.25, 0.3) is 0 Å². The quantitative estimate of drug-likeness (QED) is 0.725. The number of hydrogen-bond acceptors (Lipinski definition) is 3. The summed E-state index contributed by atoms with van der Waals surface area (Å²) in [5, 5.41) is 0. The molecule has 0 amide bonds. The Labute approximate surface area is 87.6 Å². The van der Waals surface area contributed by atoms with Gasteiger partial charge in [-0.1, -0.05) is 6.07 Å². The number of nitrogens with zero attached hydrogens (tertiary/aromatic N) is 1. The normalized spacial score (nSPS) is 10.4. The number of nitrogens with two attached hydrogens (primary N) is 1. The molecule has 2 N–H and O–H groups in total. The van der Waals surface area contributed by atoms with Crippen molar-refractivity contribution in [2.45, 2.75) is 13.8 Å². The fraction of sp³-hybridized carbons (Fsp3) is 0.182. The first-order valence-electron chi connectivity index (χ1n) is 4.46. The molecular weight excluding hydrogens is 192 g/mol. The van der Waals surface area contributed by atoms with Crippen LogP contribution in [0.5, 0.6) is 0 Å². The molecule has 0 saturated heterocycles. The van der Waals surface area contributed by atoms with E-state index >= 15 is 0 Å². The van der Waals surface area contributed by atoms with E-state index in [-0.39, 0.29) is 0 Å². The van der Waals surface area contributed by atoms with Crippen LogP contribution in [0.4, 0.5) is 5.69 Å². The Morgan fingerprint density at radius 2 is 2.00 bits per heavy atom. The summed E-state index contributed by atoms with van der Waals surface area (Å²) < 4.78 is 4.27. The Morgan fingerprint density at radius 1 is 1.21 bits per heavy atom. The highest BCUT2D eigenvalue weighted by atomic mass is 32.1. The van der Waals surface area contributed by atoms with Gasteiger partial charge in [0.05, 0.1) is 10.6 Å². The van der Waals surface area contributed by atoms with Gasteiger partial charge < -0.3 is 5.73 Å². The molecule has 0 spiro atoms. The van der Waals surface area contributed by atoms with Crippen LogP contribution in [-0.4, -0.2) is 4.37 Å². The van der Waals surface area contributed by atoms with Crippen molar-refractivity contribution in [3.8, 4) is 10.4 Å². The molecule has 0 aliphatic rings. The summed E-state index contributed by atoms with van der Waals surface area (Å²) in [5.41, 5.74) is 10.0. The lowest BCUT2D eigenvalue weighted by Gasteiger charge is -2.02. The van der Waals surface area contributed by atoms with Crippen LogP contribution in [-0.2, 0) is 0 Å². The Kier molecular flexibility index (Phi) is 2.25. The van der Waals surface area contributed by atoms with Gasteiger partial charge in [0.15, 0.2) is 0 Å². The molecule has 0 aliphatic carbocycles. The molecule has 2 rings (SSSR count). The molecule has 0 fully saturated rings. The van der Waals surface area contributed by atoms with Gasteiger partial charge in [0.2, 0.25) is 0 Å². The van der Waals surface area contributed by atoms with Crippen molar-refractivity contribution >= 4 is 17.2 Å². The minimum absolute atomic E-state index is 0.812. The molecule has 0 unspecified atom stereocenters. The molecule has 2 nitrogen and oxygen atoms in total. The fourth-order valence-electron chi connectivity index (χ4n) is 1.45. The van der Waals surface area contributed by atoms with Gasteiger partial charge in [0, 0.05) is 5.69 Å². The molecule has 0 radical (unpaired) electrons. The van der Waals surface area contributed by atoms with E-state index in [9.17, 15) is 0 Å². The summed E-state index contributed by atoms with van der Waals surface area (Å²) >= 11 is 1.53. The smallest absolute Gasteiger partial charge is 0.0555 e. The summed E-state index contributed by atoms with van der Waals surface area (Å²) in [6.45, 7) is 4.08. The molecule has 1 heterocycles.